The van der Waals surface area contributed by atoms with Crippen molar-refractivity contribution in [2.45, 2.75) is 54.0 Å². The minimum Gasteiger partial charge on any atom is -0.426 e. The number of anilines is 1. The number of carbonyl (C=O) groups is 2. The second-order valence-corrected chi connectivity index (χ2v) is 6.61. The van der Waals surface area contributed by atoms with Gasteiger partial charge in [0.1, 0.15) is 11.3 Å². The van der Waals surface area contributed by atoms with Crippen LogP contribution in [0.2, 0.25) is 0 Å². The number of amides is 1. The van der Waals surface area contributed by atoms with Crippen molar-refractivity contribution in [2.75, 3.05) is 5.32 Å². The molecule has 6 heteroatoms. The molecule has 0 aliphatic rings. The number of nitrogens with one attached hydrogen (secondary N) is 1. The fourth-order valence-electron chi connectivity index (χ4n) is 2.85. The molecule has 0 aliphatic heterocycles. The maximum atomic E-state index is 12.8. The van der Waals surface area contributed by atoms with E-state index in [-0.39, 0.29) is 11.1 Å². The summed E-state index contributed by atoms with van der Waals surface area (Å²) in [6.45, 7) is 9.49. The van der Waals surface area contributed by atoms with E-state index >= 15 is 0 Å². The van der Waals surface area contributed by atoms with Crippen molar-refractivity contribution in [1.29, 1.82) is 0 Å². The Labute approximate surface area is 159 Å². The second-order valence-electron chi connectivity index (χ2n) is 6.61. The van der Waals surface area contributed by atoms with Crippen molar-refractivity contribution in [1.82, 2.24) is 4.57 Å². The third kappa shape index (κ3) is 4.64. The summed E-state index contributed by atoms with van der Waals surface area (Å²) in [7, 11) is 0. The Morgan fingerprint density at radius 2 is 1.89 bits per heavy atom. The summed E-state index contributed by atoms with van der Waals surface area (Å²) < 4.78 is 6.80. The van der Waals surface area contributed by atoms with Gasteiger partial charge in [0, 0.05) is 30.4 Å². The van der Waals surface area contributed by atoms with E-state index < -0.39 is 11.9 Å². The van der Waals surface area contributed by atoms with Gasteiger partial charge < -0.3 is 14.6 Å². The number of hydrogen-bond acceptors (Lipinski definition) is 4. The maximum Gasteiger partial charge on any atom is 0.308 e. The Morgan fingerprint density at radius 1 is 1.19 bits per heavy atom. The Bertz CT molecular complexity index is 929. The molecule has 0 atom stereocenters. The molecular formula is C21H26N2O4. The first kappa shape index (κ1) is 20.4. The molecule has 0 spiro atoms. The van der Waals surface area contributed by atoms with E-state index in [0.29, 0.717) is 23.5 Å². The predicted octanol–water partition coefficient (Wildman–Crippen LogP) is 3.75. The largest absolute Gasteiger partial charge is 0.426 e. The zero-order valence-electron chi connectivity index (χ0n) is 16.5. The zero-order valence-corrected chi connectivity index (χ0v) is 16.5. The van der Waals surface area contributed by atoms with Gasteiger partial charge in [-0.05, 0) is 51.0 Å². The van der Waals surface area contributed by atoms with Crippen LogP contribution in [-0.2, 0) is 11.3 Å². The lowest BCUT2D eigenvalue weighted by atomic mass is 10.1. The second kappa shape index (κ2) is 8.66. The Morgan fingerprint density at radius 3 is 2.52 bits per heavy atom. The fraction of sp³-hybridized carbons (Fsp3) is 0.381. The summed E-state index contributed by atoms with van der Waals surface area (Å²) in [5.41, 5.74) is 2.69. The van der Waals surface area contributed by atoms with Gasteiger partial charge in [-0.1, -0.05) is 19.4 Å². The highest BCUT2D eigenvalue weighted by atomic mass is 16.5. The molecule has 0 saturated heterocycles. The third-order valence-electron chi connectivity index (χ3n) is 4.58. The number of pyridine rings is 1. The van der Waals surface area contributed by atoms with Crippen molar-refractivity contribution in [2.24, 2.45) is 0 Å². The van der Waals surface area contributed by atoms with Gasteiger partial charge in [-0.15, -0.1) is 0 Å². The summed E-state index contributed by atoms with van der Waals surface area (Å²) in [5, 5.41) is 2.77. The number of unbranched alkanes of at least 4 members (excludes halogenated alkanes) is 1. The first-order chi connectivity index (χ1) is 12.8. The maximum absolute atomic E-state index is 12.8. The van der Waals surface area contributed by atoms with Crippen LogP contribution in [0.15, 0.2) is 29.1 Å². The van der Waals surface area contributed by atoms with Gasteiger partial charge in [-0.25, -0.2) is 0 Å². The van der Waals surface area contributed by atoms with Gasteiger partial charge in [0.15, 0.2) is 0 Å². The number of aryl methyl sites for hydroxylation is 1. The van der Waals surface area contributed by atoms with Gasteiger partial charge in [0.25, 0.3) is 11.5 Å². The van der Waals surface area contributed by atoms with Crippen LogP contribution in [0.25, 0.3) is 0 Å². The Balaban J connectivity index is 2.38. The Hall–Kier alpha value is -2.89. The molecule has 0 radical (unpaired) electrons. The van der Waals surface area contributed by atoms with E-state index in [2.05, 4.69) is 12.2 Å². The third-order valence-corrected chi connectivity index (χ3v) is 4.58. The van der Waals surface area contributed by atoms with E-state index in [4.69, 9.17) is 4.74 Å². The van der Waals surface area contributed by atoms with Crippen molar-refractivity contribution < 1.29 is 14.3 Å². The number of carbonyl (C=O) groups excluding carboxylic acids is 2. The molecule has 2 aromatic rings. The van der Waals surface area contributed by atoms with E-state index in [1.165, 1.54) is 6.92 Å². The van der Waals surface area contributed by atoms with Crippen molar-refractivity contribution in [3.05, 3.63) is 57.0 Å². The van der Waals surface area contributed by atoms with Crippen molar-refractivity contribution in [3.63, 3.8) is 0 Å². The van der Waals surface area contributed by atoms with Crippen LogP contribution in [0, 0.1) is 20.8 Å². The van der Waals surface area contributed by atoms with Gasteiger partial charge >= 0.3 is 5.97 Å². The lowest BCUT2D eigenvalue weighted by Gasteiger charge is -2.15. The van der Waals surface area contributed by atoms with Crippen molar-refractivity contribution in [3.8, 4) is 5.75 Å². The number of hydrogen-bond donors (Lipinski definition) is 1. The number of ether oxygens (including phenoxy) is 1. The van der Waals surface area contributed by atoms with Gasteiger partial charge in [-0.2, -0.15) is 0 Å². The smallest absolute Gasteiger partial charge is 0.308 e. The fourth-order valence-corrected chi connectivity index (χ4v) is 2.85. The van der Waals surface area contributed by atoms with Crippen molar-refractivity contribution >= 4 is 17.6 Å². The molecule has 144 valence electrons. The molecule has 2 rings (SSSR count). The van der Waals surface area contributed by atoms with Gasteiger partial charge in [-0.3, -0.25) is 14.4 Å². The number of esters is 1. The molecule has 0 aliphatic carbocycles. The SMILES string of the molecule is CCCCn1c(C)c(C)cc(C(=O)Nc2cccc(OC(C)=O)c2C)c1=O. The number of nitrogens with zero attached hydrogens (tertiary/aromatic N) is 1. The lowest BCUT2D eigenvalue weighted by molar-refractivity contribution is -0.131. The molecular weight excluding hydrogens is 344 g/mol. The Kier molecular flexibility index (Phi) is 6.55. The average Bonchev–Trinajstić information content (AvgIpc) is 2.61. The van der Waals surface area contributed by atoms with Crippen LogP contribution < -0.4 is 15.6 Å². The van der Waals surface area contributed by atoms with Gasteiger partial charge in [0.05, 0.1) is 0 Å². The minimum absolute atomic E-state index is 0.103. The summed E-state index contributed by atoms with van der Waals surface area (Å²) in [5.74, 6) is -0.535. The highest BCUT2D eigenvalue weighted by Gasteiger charge is 2.17. The molecule has 27 heavy (non-hydrogen) atoms. The first-order valence-electron chi connectivity index (χ1n) is 9.06. The quantitative estimate of drug-likeness (QED) is 0.620. The molecule has 0 bridgehead atoms. The molecule has 1 aromatic heterocycles. The molecule has 1 N–H and O–H groups in total. The van der Waals surface area contributed by atoms with Crippen LogP contribution in [0.5, 0.6) is 5.75 Å². The first-order valence-corrected chi connectivity index (χ1v) is 9.06. The van der Waals surface area contributed by atoms with Crippen LogP contribution in [0.3, 0.4) is 0 Å². The average molecular weight is 370 g/mol. The molecule has 0 saturated carbocycles. The van der Waals surface area contributed by atoms with E-state index in [1.54, 1.807) is 35.8 Å². The van der Waals surface area contributed by atoms with Crippen LogP contribution >= 0.6 is 0 Å². The molecule has 0 unspecified atom stereocenters. The highest BCUT2D eigenvalue weighted by Crippen LogP contribution is 2.26. The molecule has 6 nitrogen and oxygen atoms in total. The predicted molar refractivity (Wildman–Crippen MR) is 106 cm³/mol. The van der Waals surface area contributed by atoms with E-state index in [0.717, 1.165) is 24.1 Å². The monoisotopic (exact) mass is 370 g/mol. The molecule has 0 fully saturated rings. The summed E-state index contributed by atoms with van der Waals surface area (Å²) in [4.78, 5) is 36.8. The number of benzene rings is 1. The van der Waals surface area contributed by atoms with Gasteiger partial charge in [0.2, 0.25) is 0 Å². The van der Waals surface area contributed by atoms with E-state index in [1.807, 2.05) is 13.8 Å². The summed E-state index contributed by atoms with van der Waals surface area (Å²) in [6, 6.07) is 6.67. The summed E-state index contributed by atoms with van der Waals surface area (Å²) >= 11 is 0. The molecule has 1 heterocycles. The van der Waals surface area contributed by atoms with Crippen LogP contribution in [0.4, 0.5) is 5.69 Å². The summed E-state index contributed by atoms with van der Waals surface area (Å²) in [6.07, 6.45) is 1.83. The standard InChI is InChI=1S/C21H26N2O4/c1-6-7-11-23-15(4)13(2)12-17(21(23)26)20(25)22-18-9-8-10-19(14(18)3)27-16(5)24/h8-10,12H,6-7,11H2,1-5H3,(H,22,25). The molecule has 1 amide bonds. The lowest BCUT2D eigenvalue weighted by Crippen LogP contribution is -2.31. The van der Waals surface area contributed by atoms with E-state index in [9.17, 15) is 14.4 Å². The number of aromatic nitrogens is 1. The van der Waals surface area contributed by atoms with Crippen LogP contribution in [0.1, 0.15) is 53.9 Å². The highest BCUT2D eigenvalue weighted by molar-refractivity contribution is 6.04. The van der Waals surface area contributed by atoms with Crippen LogP contribution in [-0.4, -0.2) is 16.4 Å². The zero-order chi connectivity index (χ0) is 20.1. The number of rotatable bonds is 6. The molecule has 1 aromatic carbocycles. The topological polar surface area (TPSA) is 77.4 Å². The normalized spacial score (nSPS) is 10.6. The minimum atomic E-state index is -0.476.